The van der Waals surface area contributed by atoms with Crippen LogP contribution >= 0.6 is 0 Å². The third-order valence-corrected chi connectivity index (χ3v) is 4.79. The van der Waals surface area contributed by atoms with Crippen molar-refractivity contribution in [2.45, 2.75) is 45.3 Å². The van der Waals surface area contributed by atoms with Crippen LogP contribution in [-0.4, -0.2) is 25.9 Å². The van der Waals surface area contributed by atoms with Crippen LogP contribution in [0.2, 0.25) is 0 Å². The summed E-state index contributed by atoms with van der Waals surface area (Å²) in [6, 6.07) is 12.9. The van der Waals surface area contributed by atoms with Gasteiger partial charge in [0.25, 0.3) is 0 Å². The first-order valence-corrected chi connectivity index (χ1v) is 9.23. The van der Waals surface area contributed by atoms with E-state index in [1.54, 1.807) is 0 Å². The third-order valence-electron chi connectivity index (χ3n) is 4.79. The Labute approximate surface area is 148 Å². The van der Waals surface area contributed by atoms with Gasteiger partial charge >= 0.3 is 0 Å². The highest BCUT2D eigenvalue weighted by atomic mass is 15.3. The van der Waals surface area contributed by atoms with Gasteiger partial charge in [0.1, 0.15) is 5.69 Å². The molecule has 130 valence electrons. The molecule has 0 atom stereocenters. The lowest BCUT2D eigenvalue weighted by Crippen LogP contribution is -2.11. The fourth-order valence-electron chi connectivity index (χ4n) is 3.45. The molecule has 1 aliphatic heterocycles. The van der Waals surface area contributed by atoms with Crippen LogP contribution in [0.1, 0.15) is 30.5 Å². The van der Waals surface area contributed by atoms with E-state index in [9.17, 15) is 0 Å². The quantitative estimate of drug-likeness (QED) is 0.703. The fraction of sp³-hybridized carbons (Fsp3) is 0.400. The van der Waals surface area contributed by atoms with Gasteiger partial charge in [-0.2, -0.15) is 5.10 Å². The minimum absolute atomic E-state index is 0.894. The standard InChI is InChI=1S/C20H25N5/c1-2-7-17(8-3-1)9-4-5-12-24-14-11-22-20(24)19-15-18-16-21-10-6-13-25(18)23-19/h1-3,7-8,11,14-15,21H,4-6,9-10,12-13,16H2. The van der Waals surface area contributed by atoms with Gasteiger partial charge in [-0.15, -0.1) is 0 Å². The summed E-state index contributed by atoms with van der Waals surface area (Å²) in [5.41, 5.74) is 3.66. The number of unbranched alkanes of at least 4 members (excludes halogenated alkanes) is 1. The Bertz CT molecular complexity index is 779. The summed E-state index contributed by atoms with van der Waals surface area (Å²) in [5, 5.41) is 8.23. The van der Waals surface area contributed by atoms with Gasteiger partial charge in [-0.25, -0.2) is 4.98 Å². The molecule has 0 radical (unpaired) electrons. The molecule has 0 spiro atoms. The van der Waals surface area contributed by atoms with E-state index in [0.29, 0.717) is 0 Å². The van der Waals surface area contributed by atoms with Crippen LogP contribution in [0, 0.1) is 0 Å². The molecule has 0 fully saturated rings. The summed E-state index contributed by atoms with van der Waals surface area (Å²) >= 11 is 0. The Morgan fingerprint density at radius 3 is 2.96 bits per heavy atom. The molecular formula is C20H25N5. The average molecular weight is 335 g/mol. The number of imidazole rings is 1. The second-order valence-electron chi connectivity index (χ2n) is 6.66. The molecule has 0 bridgehead atoms. The van der Waals surface area contributed by atoms with E-state index in [0.717, 1.165) is 57.0 Å². The molecule has 0 unspecified atom stereocenters. The van der Waals surface area contributed by atoms with Gasteiger partial charge < -0.3 is 9.88 Å². The van der Waals surface area contributed by atoms with Gasteiger partial charge in [0.05, 0.1) is 5.69 Å². The lowest BCUT2D eigenvalue weighted by Gasteiger charge is -2.06. The third kappa shape index (κ3) is 3.82. The van der Waals surface area contributed by atoms with Gasteiger partial charge in [0.15, 0.2) is 5.82 Å². The summed E-state index contributed by atoms with van der Waals surface area (Å²) in [6.45, 7) is 3.93. The molecule has 1 aromatic carbocycles. The molecule has 3 aromatic rings. The number of nitrogens with one attached hydrogen (secondary N) is 1. The zero-order valence-electron chi connectivity index (χ0n) is 14.6. The van der Waals surface area contributed by atoms with Crippen LogP contribution in [0.25, 0.3) is 11.5 Å². The molecule has 2 aromatic heterocycles. The lowest BCUT2D eigenvalue weighted by molar-refractivity contribution is 0.584. The first-order chi connectivity index (χ1) is 12.4. The van der Waals surface area contributed by atoms with Crippen molar-refractivity contribution in [2.75, 3.05) is 6.54 Å². The maximum atomic E-state index is 4.78. The Kier molecular flexibility index (Phi) is 4.93. The van der Waals surface area contributed by atoms with Gasteiger partial charge in [0, 0.05) is 32.0 Å². The highest BCUT2D eigenvalue weighted by Crippen LogP contribution is 2.19. The van der Waals surface area contributed by atoms with Gasteiger partial charge in [0.2, 0.25) is 0 Å². The Morgan fingerprint density at radius 1 is 1.12 bits per heavy atom. The number of aromatic nitrogens is 4. The molecule has 0 saturated heterocycles. The van der Waals surface area contributed by atoms with E-state index in [4.69, 9.17) is 5.10 Å². The molecule has 0 aliphatic carbocycles. The smallest absolute Gasteiger partial charge is 0.160 e. The van der Waals surface area contributed by atoms with Crippen LogP contribution in [0.5, 0.6) is 0 Å². The van der Waals surface area contributed by atoms with Gasteiger partial charge in [-0.05, 0) is 43.9 Å². The van der Waals surface area contributed by atoms with Crippen molar-refractivity contribution in [1.29, 1.82) is 0 Å². The molecule has 3 heterocycles. The molecular weight excluding hydrogens is 310 g/mol. The van der Waals surface area contributed by atoms with Crippen LogP contribution in [0.3, 0.4) is 0 Å². The van der Waals surface area contributed by atoms with Crippen molar-refractivity contribution in [1.82, 2.24) is 24.6 Å². The van der Waals surface area contributed by atoms with E-state index in [2.05, 4.69) is 62.1 Å². The highest BCUT2D eigenvalue weighted by molar-refractivity contribution is 5.50. The molecule has 4 rings (SSSR count). The predicted molar refractivity (Wildman–Crippen MR) is 99.2 cm³/mol. The van der Waals surface area contributed by atoms with Gasteiger partial charge in [-0.1, -0.05) is 30.3 Å². The average Bonchev–Trinajstić information content (AvgIpc) is 3.21. The SMILES string of the molecule is c1ccc(CCCCn2ccnc2-c2cc3n(n2)CCCNC3)cc1. The largest absolute Gasteiger partial charge is 0.330 e. The van der Waals surface area contributed by atoms with Crippen LogP contribution < -0.4 is 5.32 Å². The number of benzene rings is 1. The summed E-state index contributed by atoms with van der Waals surface area (Å²) in [7, 11) is 0. The second-order valence-corrected chi connectivity index (χ2v) is 6.66. The van der Waals surface area contributed by atoms with Crippen molar-refractivity contribution in [2.24, 2.45) is 0 Å². The van der Waals surface area contributed by atoms with Crippen molar-refractivity contribution in [3.8, 4) is 11.5 Å². The highest BCUT2D eigenvalue weighted by Gasteiger charge is 2.15. The Morgan fingerprint density at radius 2 is 2.04 bits per heavy atom. The number of nitrogens with zero attached hydrogens (tertiary/aromatic N) is 4. The van der Waals surface area contributed by atoms with Crippen LogP contribution in [0.15, 0.2) is 48.8 Å². The first kappa shape index (κ1) is 16.1. The minimum Gasteiger partial charge on any atom is -0.330 e. The number of aryl methyl sites for hydroxylation is 3. The molecule has 5 heteroatoms. The fourth-order valence-corrected chi connectivity index (χ4v) is 3.45. The summed E-state index contributed by atoms with van der Waals surface area (Å²) in [6.07, 6.45) is 8.55. The first-order valence-electron chi connectivity index (χ1n) is 9.23. The number of rotatable bonds is 6. The maximum Gasteiger partial charge on any atom is 0.160 e. The molecule has 0 amide bonds. The molecule has 25 heavy (non-hydrogen) atoms. The Balaban J connectivity index is 1.39. The van der Waals surface area contributed by atoms with E-state index < -0.39 is 0 Å². The Hall–Kier alpha value is -2.40. The predicted octanol–water partition coefficient (Wildman–Crippen LogP) is 3.26. The molecule has 1 N–H and O–H groups in total. The molecule has 1 aliphatic rings. The van der Waals surface area contributed by atoms with Crippen LogP contribution in [0.4, 0.5) is 0 Å². The van der Waals surface area contributed by atoms with E-state index in [-0.39, 0.29) is 0 Å². The topological polar surface area (TPSA) is 47.7 Å². The minimum atomic E-state index is 0.894. The van der Waals surface area contributed by atoms with E-state index in [1.165, 1.54) is 17.7 Å². The lowest BCUT2D eigenvalue weighted by atomic mass is 10.1. The van der Waals surface area contributed by atoms with Crippen molar-refractivity contribution >= 4 is 0 Å². The van der Waals surface area contributed by atoms with E-state index >= 15 is 0 Å². The number of hydrogen-bond acceptors (Lipinski definition) is 3. The summed E-state index contributed by atoms with van der Waals surface area (Å²) < 4.78 is 4.37. The zero-order chi connectivity index (χ0) is 16.9. The zero-order valence-corrected chi connectivity index (χ0v) is 14.6. The number of hydrogen-bond donors (Lipinski definition) is 1. The van der Waals surface area contributed by atoms with Gasteiger partial charge in [-0.3, -0.25) is 4.68 Å². The van der Waals surface area contributed by atoms with Crippen molar-refractivity contribution in [3.63, 3.8) is 0 Å². The summed E-state index contributed by atoms with van der Waals surface area (Å²) in [4.78, 5) is 4.56. The maximum absolute atomic E-state index is 4.78. The molecule has 0 saturated carbocycles. The summed E-state index contributed by atoms with van der Waals surface area (Å²) in [5.74, 6) is 0.986. The van der Waals surface area contributed by atoms with E-state index in [1.807, 2.05) is 6.20 Å². The normalized spacial score (nSPS) is 14.2. The van der Waals surface area contributed by atoms with Crippen molar-refractivity contribution < 1.29 is 0 Å². The monoisotopic (exact) mass is 335 g/mol. The van der Waals surface area contributed by atoms with Crippen molar-refractivity contribution in [3.05, 3.63) is 60.0 Å². The molecule has 5 nitrogen and oxygen atoms in total. The number of fused-ring (bicyclic) bond motifs is 1. The second kappa shape index (κ2) is 7.66. The van der Waals surface area contributed by atoms with Crippen LogP contribution in [-0.2, 0) is 26.1 Å².